The zero-order valence-corrected chi connectivity index (χ0v) is 15.2. The van der Waals surface area contributed by atoms with Gasteiger partial charge in [-0.15, -0.1) is 0 Å². The van der Waals surface area contributed by atoms with Crippen LogP contribution < -0.4 is 10.1 Å². The maximum atomic E-state index is 11.2. The molecule has 0 atom stereocenters. The average Bonchev–Trinajstić information content (AvgIpc) is 2.66. The third kappa shape index (κ3) is 7.10. The summed E-state index contributed by atoms with van der Waals surface area (Å²) in [4.78, 5) is 11.2. The third-order valence-electron chi connectivity index (χ3n) is 4.22. The van der Waals surface area contributed by atoms with E-state index in [1.807, 2.05) is 48.5 Å². The van der Waals surface area contributed by atoms with Gasteiger partial charge in [0.1, 0.15) is 12.4 Å². The molecule has 0 saturated heterocycles. The summed E-state index contributed by atoms with van der Waals surface area (Å²) < 4.78 is 5.88. The first kappa shape index (κ1) is 19.2. The highest BCUT2D eigenvalue weighted by molar-refractivity contribution is 5.79. The molecule has 3 heteroatoms. The van der Waals surface area contributed by atoms with E-state index in [9.17, 15) is 4.79 Å². The Morgan fingerprint density at radius 2 is 1.76 bits per heavy atom. The van der Waals surface area contributed by atoms with Crippen molar-refractivity contribution in [1.82, 2.24) is 5.32 Å². The number of nitrogens with one attached hydrogen (secondary N) is 1. The molecule has 0 aliphatic carbocycles. The van der Waals surface area contributed by atoms with Gasteiger partial charge in [0.05, 0.1) is 5.56 Å². The Balaban J connectivity index is 1.82. The fraction of sp³-hybridized carbons (Fsp3) is 0.409. The topological polar surface area (TPSA) is 38.3 Å². The molecule has 0 aromatic heterocycles. The molecule has 25 heavy (non-hydrogen) atoms. The van der Waals surface area contributed by atoms with Crippen LogP contribution in [-0.4, -0.2) is 19.4 Å². The second-order valence-electron chi connectivity index (χ2n) is 6.32. The third-order valence-corrected chi connectivity index (χ3v) is 4.22. The molecule has 0 fully saturated rings. The Hall–Kier alpha value is -2.13. The van der Waals surface area contributed by atoms with Gasteiger partial charge in [-0.25, -0.2) is 0 Å². The highest BCUT2D eigenvalue weighted by Gasteiger charge is 2.05. The maximum Gasteiger partial charge on any atom is 0.153 e. The summed E-state index contributed by atoms with van der Waals surface area (Å²) in [6.45, 7) is 4.88. The van der Waals surface area contributed by atoms with Crippen LogP contribution in [0.1, 0.15) is 54.1 Å². The smallest absolute Gasteiger partial charge is 0.153 e. The average molecular weight is 339 g/mol. The first-order valence-electron chi connectivity index (χ1n) is 9.29. The molecule has 0 spiro atoms. The molecule has 0 radical (unpaired) electrons. The van der Waals surface area contributed by atoms with E-state index in [2.05, 4.69) is 12.2 Å². The van der Waals surface area contributed by atoms with Crippen molar-refractivity contribution in [3.63, 3.8) is 0 Å². The zero-order chi connectivity index (χ0) is 17.7. The number of hydrogen-bond donors (Lipinski definition) is 1. The van der Waals surface area contributed by atoms with Crippen LogP contribution in [0.4, 0.5) is 0 Å². The Labute approximate surface area is 151 Å². The van der Waals surface area contributed by atoms with Crippen LogP contribution in [0.3, 0.4) is 0 Å². The van der Waals surface area contributed by atoms with Crippen molar-refractivity contribution >= 4 is 6.29 Å². The number of aryl methyl sites for hydroxylation is 1. The Morgan fingerprint density at radius 1 is 0.960 bits per heavy atom. The molecule has 0 saturated carbocycles. The van der Waals surface area contributed by atoms with Crippen LogP contribution in [-0.2, 0) is 13.0 Å². The van der Waals surface area contributed by atoms with E-state index in [4.69, 9.17) is 4.74 Å². The molecule has 1 N–H and O–H groups in total. The predicted octanol–water partition coefficient (Wildman–Crippen LogP) is 4.79. The van der Waals surface area contributed by atoms with Crippen LogP contribution in [0.5, 0.6) is 5.75 Å². The van der Waals surface area contributed by atoms with Gasteiger partial charge < -0.3 is 10.1 Å². The van der Waals surface area contributed by atoms with Crippen molar-refractivity contribution in [1.29, 1.82) is 0 Å². The van der Waals surface area contributed by atoms with E-state index in [0.717, 1.165) is 37.8 Å². The minimum Gasteiger partial charge on any atom is -0.488 e. The van der Waals surface area contributed by atoms with E-state index in [0.29, 0.717) is 17.9 Å². The molecule has 0 aliphatic rings. The summed E-state index contributed by atoms with van der Waals surface area (Å²) in [7, 11) is 0. The van der Waals surface area contributed by atoms with Crippen molar-refractivity contribution in [3.05, 3.63) is 65.2 Å². The van der Waals surface area contributed by atoms with Gasteiger partial charge in [-0.1, -0.05) is 49.7 Å². The van der Waals surface area contributed by atoms with E-state index in [1.165, 1.54) is 24.8 Å². The predicted molar refractivity (Wildman–Crippen MR) is 103 cm³/mol. The first-order chi connectivity index (χ1) is 12.3. The summed E-state index contributed by atoms with van der Waals surface area (Å²) in [6, 6.07) is 15.9. The van der Waals surface area contributed by atoms with Crippen molar-refractivity contribution in [2.24, 2.45) is 0 Å². The van der Waals surface area contributed by atoms with Gasteiger partial charge >= 0.3 is 0 Å². The lowest BCUT2D eigenvalue weighted by Crippen LogP contribution is -2.16. The molecular formula is C22H29NO2. The van der Waals surface area contributed by atoms with Crippen LogP contribution in [0.15, 0.2) is 48.5 Å². The molecule has 3 nitrogen and oxygen atoms in total. The van der Waals surface area contributed by atoms with Gasteiger partial charge in [-0.05, 0) is 62.0 Å². The highest BCUT2D eigenvalue weighted by Crippen LogP contribution is 2.21. The number of hydrogen-bond acceptors (Lipinski definition) is 3. The lowest BCUT2D eigenvalue weighted by molar-refractivity contribution is 0.111. The van der Waals surface area contributed by atoms with Crippen molar-refractivity contribution in [3.8, 4) is 5.75 Å². The van der Waals surface area contributed by atoms with Gasteiger partial charge in [0.25, 0.3) is 0 Å². The molecule has 2 rings (SSSR count). The second-order valence-corrected chi connectivity index (χ2v) is 6.32. The minimum absolute atomic E-state index is 0.479. The normalized spacial score (nSPS) is 10.6. The van der Waals surface area contributed by atoms with Crippen LogP contribution in [0.2, 0.25) is 0 Å². The van der Waals surface area contributed by atoms with Crippen LogP contribution in [0.25, 0.3) is 0 Å². The zero-order valence-electron chi connectivity index (χ0n) is 15.2. The van der Waals surface area contributed by atoms with Crippen molar-refractivity contribution in [2.75, 3.05) is 13.1 Å². The summed E-state index contributed by atoms with van der Waals surface area (Å²) in [6.07, 6.45) is 6.66. The van der Waals surface area contributed by atoms with Gasteiger partial charge in [0.15, 0.2) is 6.29 Å². The maximum absolute atomic E-state index is 11.2. The largest absolute Gasteiger partial charge is 0.488 e. The standard InChI is InChI=1S/C22H29NO2/c1-2-3-14-23-15-8-7-9-19-12-13-21(17-24)22(16-19)25-18-20-10-5-4-6-11-20/h4-6,10-13,16-17,23H,2-3,7-9,14-15,18H2,1H3. The minimum atomic E-state index is 0.479. The summed E-state index contributed by atoms with van der Waals surface area (Å²) in [5.74, 6) is 0.678. The van der Waals surface area contributed by atoms with Gasteiger partial charge in [0.2, 0.25) is 0 Å². The lowest BCUT2D eigenvalue weighted by atomic mass is 10.1. The number of benzene rings is 2. The van der Waals surface area contributed by atoms with Gasteiger partial charge in [-0.3, -0.25) is 4.79 Å². The number of carbonyl (C=O) groups excluding carboxylic acids is 1. The van der Waals surface area contributed by atoms with Crippen molar-refractivity contribution < 1.29 is 9.53 Å². The summed E-state index contributed by atoms with van der Waals surface area (Å²) in [5, 5.41) is 3.47. The van der Waals surface area contributed by atoms with Crippen LogP contribution in [0, 0.1) is 0 Å². The Morgan fingerprint density at radius 3 is 2.52 bits per heavy atom. The number of carbonyl (C=O) groups is 1. The fourth-order valence-electron chi connectivity index (χ4n) is 2.70. The quantitative estimate of drug-likeness (QED) is 0.446. The first-order valence-corrected chi connectivity index (χ1v) is 9.29. The monoisotopic (exact) mass is 339 g/mol. The number of ether oxygens (including phenoxy) is 1. The Bertz CT molecular complexity index is 625. The van der Waals surface area contributed by atoms with Crippen molar-refractivity contribution in [2.45, 2.75) is 45.6 Å². The van der Waals surface area contributed by atoms with E-state index >= 15 is 0 Å². The van der Waals surface area contributed by atoms with Gasteiger partial charge in [-0.2, -0.15) is 0 Å². The lowest BCUT2D eigenvalue weighted by Gasteiger charge is -2.11. The number of unbranched alkanes of at least 4 members (excludes halogenated alkanes) is 2. The van der Waals surface area contributed by atoms with Gasteiger partial charge in [0, 0.05) is 0 Å². The highest BCUT2D eigenvalue weighted by atomic mass is 16.5. The molecule has 0 amide bonds. The summed E-state index contributed by atoms with van der Waals surface area (Å²) >= 11 is 0. The SMILES string of the molecule is CCCCNCCCCc1ccc(C=O)c(OCc2ccccc2)c1. The number of rotatable bonds is 12. The molecular weight excluding hydrogens is 310 g/mol. The molecule has 2 aromatic rings. The molecule has 0 unspecified atom stereocenters. The molecule has 0 bridgehead atoms. The molecule has 134 valence electrons. The van der Waals surface area contributed by atoms with E-state index < -0.39 is 0 Å². The molecule has 2 aromatic carbocycles. The fourth-order valence-corrected chi connectivity index (χ4v) is 2.70. The molecule has 0 aliphatic heterocycles. The number of aldehydes is 1. The Kier molecular flexibility index (Phi) is 8.78. The summed E-state index contributed by atoms with van der Waals surface area (Å²) in [5.41, 5.74) is 2.94. The van der Waals surface area contributed by atoms with E-state index in [1.54, 1.807) is 0 Å². The van der Waals surface area contributed by atoms with E-state index in [-0.39, 0.29) is 0 Å². The molecule has 0 heterocycles. The second kappa shape index (κ2) is 11.4. The van der Waals surface area contributed by atoms with Crippen LogP contribution >= 0.6 is 0 Å².